The molecule has 7 heteroatoms. The van der Waals surface area contributed by atoms with Crippen LogP contribution in [0.4, 0.5) is 0 Å². The molecule has 0 bridgehead atoms. The second kappa shape index (κ2) is 4.39. The van der Waals surface area contributed by atoms with Crippen LogP contribution in [-0.2, 0) is 15.9 Å². The zero-order chi connectivity index (χ0) is 14.8. The maximum absolute atomic E-state index is 6.04. The van der Waals surface area contributed by atoms with Crippen LogP contribution in [0, 0.1) is 5.92 Å². The summed E-state index contributed by atoms with van der Waals surface area (Å²) in [5.41, 5.74) is 0.258. The first-order valence-corrected chi connectivity index (χ1v) is 7.62. The molecular formula is C13H19BCl2N2O2. The van der Waals surface area contributed by atoms with Gasteiger partial charge in [0, 0.05) is 30.3 Å². The van der Waals surface area contributed by atoms with Gasteiger partial charge in [-0.3, -0.25) is 4.68 Å². The van der Waals surface area contributed by atoms with Gasteiger partial charge in [-0.1, -0.05) is 0 Å². The average Bonchev–Trinajstić information content (AvgIpc) is 2.67. The van der Waals surface area contributed by atoms with E-state index in [1.165, 1.54) is 0 Å². The van der Waals surface area contributed by atoms with Crippen LogP contribution in [0.15, 0.2) is 12.4 Å². The van der Waals surface area contributed by atoms with Crippen molar-refractivity contribution in [2.24, 2.45) is 5.92 Å². The quantitative estimate of drug-likeness (QED) is 0.634. The summed E-state index contributed by atoms with van der Waals surface area (Å²) in [6.07, 6.45) is 4.56. The van der Waals surface area contributed by atoms with Gasteiger partial charge in [0.1, 0.15) is 4.33 Å². The molecule has 1 atom stereocenters. The van der Waals surface area contributed by atoms with Gasteiger partial charge in [0.2, 0.25) is 0 Å². The number of alkyl halides is 2. The van der Waals surface area contributed by atoms with Gasteiger partial charge in [0.25, 0.3) is 0 Å². The fourth-order valence-corrected chi connectivity index (χ4v) is 2.78. The third kappa shape index (κ3) is 2.49. The van der Waals surface area contributed by atoms with Gasteiger partial charge in [-0.2, -0.15) is 5.10 Å². The van der Waals surface area contributed by atoms with Gasteiger partial charge in [0.05, 0.1) is 11.2 Å². The van der Waals surface area contributed by atoms with Gasteiger partial charge in [-0.05, 0) is 34.1 Å². The van der Waals surface area contributed by atoms with Gasteiger partial charge < -0.3 is 9.31 Å². The highest BCUT2D eigenvalue weighted by Crippen LogP contribution is 2.53. The summed E-state index contributed by atoms with van der Waals surface area (Å²) in [7, 11) is -0.371. The maximum atomic E-state index is 6.04. The van der Waals surface area contributed by atoms with Crippen LogP contribution in [0.3, 0.4) is 0 Å². The first-order valence-electron chi connectivity index (χ1n) is 6.86. The summed E-state index contributed by atoms with van der Waals surface area (Å²) in [5, 5.41) is 4.34. The Kier molecular flexibility index (Phi) is 3.22. The van der Waals surface area contributed by atoms with E-state index in [0.717, 1.165) is 18.4 Å². The third-order valence-electron chi connectivity index (χ3n) is 4.54. The van der Waals surface area contributed by atoms with Crippen molar-refractivity contribution in [3.63, 3.8) is 0 Å². The summed E-state index contributed by atoms with van der Waals surface area (Å²) >= 11 is 12.1. The van der Waals surface area contributed by atoms with Gasteiger partial charge in [-0.15, -0.1) is 23.2 Å². The summed E-state index contributed by atoms with van der Waals surface area (Å²) in [5.74, 6) is 0.275. The van der Waals surface area contributed by atoms with Crippen molar-refractivity contribution in [2.45, 2.75) is 56.2 Å². The summed E-state index contributed by atoms with van der Waals surface area (Å²) in [6, 6.07) is 0. The molecule has 0 radical (unpaired) electrons. The fourth-order valence-electron chi connectivity index (χ4n) is 2.27. The van der Waals surface area contributed by atoms with Crippen LogP contribution in [0.25, 0.3) is 0 Å². The minimum atomic E-state index is -0.573. The summed E-state index contributed by atoms with van der Waals surface area (Å²) in [6.45, 7) is 8.88. The molecule has 1 aliphatic heterocycles. The highest BCUT2D eigenvalue weighted by atomic mass is 35.5. The van der Waals surface area contributed by atoms with Crippen molar-refractivity contribution in [3.8, 4) is 0 Å². The molecule has 110 valence electrons. The van der Waals surface area contributed by atoms with Crippen LogP contribution < -0.4 is 5.46 Å². The van der Waals surface area contributed by atoms with Crippen molar-refractivity contribution in [3.05, 3.63) is 12.4 Å². The van der Waals surface area contributed by atoms with Crippen molar-refractivity contribution >= 4 is 35.8 Å². The van der Waals surface area contributed by atoms with Crippen LogP contribution >= 0.6 is 23.2 Å². The second-order valence-electron chi connectivity index (χ2n) is 6.75. The first-order chi connectivity index (χ1) is 9.11. The zero-order valence-corrected chi connectivity index (χ0v) is 13.7. The van der Waals surface area contributed by atoms with E-state index in [9.17, 15) is 0 Å². The molecule has 2 aliphatic rings. The van der Waals surface area contributed by atoms with E-state index in [-0.39, 0.29) is 24.2 Å². The summed E-state index contributed by atoms with van der Waals surface area (Å²) < 4.78 is 13.3. The number of nitrogens with zero attached hydrogens (tertiary/aromatic N) is 2. The largest absolute Gasteiger partial charge is 0.498 e. The number of rotatable bonds is 3. The normalized spacial score (nSPS) is 29.7. The SMILES string of the molecule is CC1(C)OB(c2cnn(CC3CC3(Cl)Cl)c2)OC1(C)C. The zero-order valence-electron chi connectivity index (χ0n) is 12.2. The molecule has 0 N–H and O–H groups in total. The standard InChI is InChI=1S/C13H19BCl2N2O2/c1-11(2)12(3,4)20-14(19-11)10-6-17-18(8-10)7-9-5-13(9,15)16/h6,8-9H,5,7H2,1-4H3. The predicted octanol–water partition coefficient (Wildman–Crippen LogP) is 2.38. The smallest absolute Gasteiger partial charge is 0.399 e. The molecule has 1 unspecified atom stereocenters. The minimum absolute atomic E-state index is 0.275. The molecular weight excluding hydrogens is 298 g/mol. The number of hydrogen-bond donors (Lipinski definition) is 0. The Hall–Kier alpha value is -0.225. The lowest BCUT2D eigenvalue weighted by atomic mass is 9.82. The van der Waals surface area contributed by atoms with E-state index in [4.69, 9.17) is 32.5 Å². The average molecular weight is 317 g/mol. The Balaban J connectivity index is 1.69. The van der Waals surface area contributed by atoms with Gasteiger partial charge in [0.15, 0.2) is 0 Å². The van der Waals surface area contributed by atoms with Crippen LogP contribution in [0.1, 0.15) is 34.1 Å². The lowest BCUT2D eigenvalue weighted by molar-refractivity contribution is 0.00578. The van der Waals surface area contributed by atoms with Crippen LogP contribution in [0.2, 0.25) is 0 Å². The molecule has 2 fully saturated rings. The maximum Gasteiger partial charge on any atom is 0.498 e. The molecule has 0 aromatic carbocycles. The lowest BCUT2D eigenvalue weighted by Crippen LogP contribution is -2.41. The monoisotopic (exact) mass is 316 g/mol. The molecule has 3 rings (SSSR count). The number of halogens is 2. The first kappa shape index (κ1) is 14.7. The molecule has 4 nitrogen and oxygen atoms in total. The fraction of sp³-hybridized carbons (Fsp3) is 0.769. The molecule has 1 saturated carbocycles. The second-order valence-corrected chi connectivity index (χ2v) is 8.29. The van der Waals surface area contributed by atoms with Gasteiger partial charge >= 0.3 is 7.12 Å². The molecule has 1 aromatic rings. The van der Waals surface area contributed by atoms with Crippen molar-refractivity contribution < 1.29 is 9.31 Å². The van der Waals surface area contributed by atoms with E-state index in [1.54, 1.807) is 6.20 Å². The van der Waals surface area contributed by atoms with E-state index in [1.807, 2.05) is 38.6 Å². The topological polar surface area (TPSA) is 36.3 Å². The van der Waals surface area contributed by atoms with E-state index in [2.05, 4.69) is 5.10 Å². The Morgan fingerprint density at radius 1 is 1.30 bits per heavy atom. The number of hydrogen-bond acceptors (Lipinski definition) is 3. The molecule has 2 heterocycles. The highest BCUT2D eigenvalue weighted by molar-refractivity contribution is 6.62. The molecule has 0 amide bonds. The minimum Gasteiger partial charge on any atom is -0.399 e. The molecule has 1 aromatic heterocycles. The van der Waals surface area contributed by atoms with Crippen LogP contribution in [-0.4, -0.2) is 32.4 Å². The van der Waals surface area contributed by atoms with E-state index >= 15 is 0 Å². The molecule has 0 spiro atoms. The van der Waals surface area contributed by atoms with Crippen molar-refractivity contribution in [2.75, 3.05) is 0 Å². The Morgan fingerprint density at radius 2 is 1.85 bits per heavy atom. The Labute approximate surface area is 129 Å². The number of aromatic nitrogens is 2. The highest BCUT2D eigenvalue weighted by Gasteiger charge is 2.53. The predicted molar refractivity (Wildman–Crippen MR) is 80.5 cm³/mol. The van der Waals surface area contributed by atoms with Crippen molar-refractivity contribution in [1.82, 2.24) is 9.78 Å². The van der Waals surface area contributed by atoms with E-state index < -0.39 is 4.33 Å². The molecule has 1 saturated heterocycles. The molecule has 20 heavy (non-hydrogen) atoms. The Morgan fingerprint density at radius 3 is 2.35 bits per heavy atom. The van der Waals surface area contributed by atoms with Crippen LogP contribution in [0.5, 0.6) is 0 Å². The lowest BCUT2D eigenvalue weighted by Gasteiger charge is -2.32. The Bertz CT molecular complexity index is 514. The van der Waals surface area contributed by atoms with Gasteiger partial charge in [-0.25, -0.2) is 0 Å². The van der Waals surface area contributed by atoms with Crippen molar-refractivity contribution in [1.29, 1.82) is 0 Å². The molecule has 1 aliphatic carbocycles. The summed E-state index contributed by atoms with van der Waals surface area (Å²) in [4.78, 5) is 0. The van der Waals surface area contributed by atoms with E-state index in [0.29, 0.717) is 0 Å². The third-order valence-corrected chi connectivity index (χ3v) is 5.47.